The molecule has 98 valence electrons. The molecule has 1 aliphatic rings. The summed E-state index contributed by atoms with van der Waals surface area (Å²) in [6.45, 7) is 2.01. The van der Waals surface area contributed by atoms with E-state index in [0.29, 0.717) is 24.5 Å². The van der Waals surface area contributed by atoms with Gasteiger partial charge < -0.3 is 20.1 Å². The average Bonchev–Trinajstić information content (AvgIpc) is 2.76. The number of methoxy groups -OCH3 is 1. The van der Waals surface area contributed by atoms with Crippen LogP contribution in [0.3, 0.4) is 0 Å². The highest BCUT2D eigenvalue weighted by Gasteiger charge is 2.22. The summed E-state index contributed by atoms with van der Waals surface area (Å²) in [6.07, 6.45) is 2.75. The third kappa shape index (κ3) is 5.43. The van der Waals surface area contributed by atoms with E-state index in [4.69, 9.17) is 27.4 Å². The van der Waals surface area contributed by atoms with Gasteiger partial charge in [-0.2, -0.15) is 0 Å². The SMILES string of the molecule is COCC(=O)N(CCC(N)=S)CC1CCCO1. The van der Waals surface area contributed by atoms with Crippen molar-refractivity contribution < 1.29 is 14.3 Å². The topological polar surface area (TPSA) is 64.8 Å². The number of amides is 1. The smallest absolute Gasteiger partial charge is 0.248 e. The van der Waals surface area contributed by atoms with Gasteiger partial charge in [-0.3, -0.25) is 4.79 Å². The van der Waals surface area contributed by atoms with E-state index >= 15 is 0 Å². The van der Waals surface area contributed by atoms with Crippen molar-refractivity contribution in [2.45, 2.75) is 25.4 Å². The molecule has 1 heterocycles. The number of hydrogen-bond donors (Lipinski definition) is 1. The predicted octanol–water partition coefficient (Wildman–Crippen LogP) is 0.317. The summed E-state index contributed by atoms with van der Waals surface area (Å²) in [5, 5.41) is 0. The van der Waals surface area contributed by atoms with Gasteiger partial charge in [0.2, 0.25) is 5.91 Å². The zero-order chi connectivity index (χ0) is 12.7. The third-order valence-corrected chi connectivity index (χ3v) is 2.90. The van der Waals surface area contributed by atoms with Gasteiger partial charge in [0.05, 0.1) is 11.1 Å². The summed E-state index contributed by atoms with van der Waals surface area (Å²) in [5.74, 6) is -0.0424. The Morgan fingerprint density at radius 2 is 2.41 bits per heavy atom. The lowest BCUT2D eigenvalue weighted by Crippen LogP contribution is -2.40. The molecule has 1 atom stereocenters. The third-order valence-electron chi connectivity index (χ3n) is 2.70. The predicted molar refractivity (Wildman–Crippen MR) is 68.8 cm³/mol. The Morgan fingerprint density at radius 1 is 1.65 bits per heavy atom. The zero-order valence-electron chi connectivity index (χ0n) is 10.2. The molecule has 1 fully saturated rings. The lowest BCUT2D eigenvalue weighted by molar-refractivity contribution is -0.136. The van der Waals surface area contributed by atoms with Crippen LogP contribution in [0.25, 0.3) is 0 Å². The lowest BCUT2D eigenvalue weighted by Gasteiger charge is -2.25. The zero-order valence-corrected chi connectivity index (χ0v) is 11.0. The van der Waals surface area contributed by atoms with Crippen molar-refractivity contribution in [2.24, 2.45) is 5.73 Å². The molecule has 1 amide bonds. The first-order valence-corrected chi connectivity index (χ1v) is 6.21. The fourth-order valence-corrected chi connectivity index (χ4v) is 1.90. The van der Waals surface area contributed by atoms with Crippen LogP contribution < -0.4 is 5.73 Å². The van der Waals surface area contributed by atoms with E-state index in [0.717, 1.165) is 19.4 Å². The average molecular weight is 260 g/mol. The Morgan fingerprint density at radius 3 is 2.94 bits per heavy atom. The molecule has 1 saturated heterocycles. The van der Waals surface area contributed by atoms with Crippen molar-refractivity contribution in [3.8, 4) is 0 Å². The van der Waals surface area contributed by atoms with Gasteiger partial charge in [-0.15, -0.1) is 0 Å². The molecule has 0 aliphatic carbocycles. The number of nitrogens with zero attached hydrogens (tertiary/aromatic N) is 1. The van der Waals surface area contributed by atoms with Gasteiger partial charge >= 0.3 is 0 Å². The summed E-state index contributed by atoms with van der Waals surface area (Å²) in [6, 6.07) is 0. The van der Waals surface area contributed by atoms with Crippen LogP contribution in [0.1, 0.15) is 19.3 Å². The molecular weight excluding hydrogens is 240 g/mol. The number of hydrogen-bond acceptors (Lipinski definition) is 4. The second-order valence-electron chi connectivity index (χ2n) is 4.12. The largest absolute Gasteiger partial charge is 0.393 e. The molecule has 5 nitrogen and oxygen atoms in total. The van der Waals surface area contributed by atoms with Crippen LogP contribution in [0, 0.1) is 0 Å². The monoisotopic (exact) mass is 260 g/mol. The molecule has 0 aromatic heterocycles. The lowest BCUT2D eigenvalue weighted by atomic mass is 10.2. The summed E-state index contributed by atoms with van der Waals surface area (Å²) in [7, 11) is 1.51. The van der Waals surface area contributed by atoms with Crippen molar-refractivity contribution in [2.75, 3.05) is 33.4 Å². The van der Waals surface area contributed by atoms with E-state index in [2.05, 4.69) is 0 Å². The maximum atomic E-state index is 11.8. The molecule has 0 aromatic carbocycles. The molecule has 0 saturated carbocycles. The van der Waals surface area contributed by atoms with E-state index in [1.165, 1.54) is 7.11 Å². The van der Waals surface area contributed by atoms with Gasteiger partial charge in [0.15, 0.2) is 0 Å². The fraction of sp³-hybridized carbons (Fsp3) is 0.818. The van der Waals surface area contributed by atoms with Crippen molar-refractivity contribution in [3.05, 3.63) is 0 Å². The molecule has 2 N–H and O–H groups in total. The van der Waals surface area contributed by atoms with Gasteiger partial charge in [0.25, 0.3) is 0 Å². The minimum atomic E-state index is -0.0424. The molecule has 0 bridgehead atoms. The second-order valence-corrected chi connectivity index (χ2v) is 4.65. The number of rotatable bonds is 7. The number of carbonyl (C=O) groups is 1. The summed E-state index contributed by atoms with van der Waals surface area (Å²) < 4.78 is 10.4. The highest BCUT2D eigenvalue weighted by atomic mass is 32.1. The van der Waals surface area contributed by atoms with Gasteiger partial charge in [0.1, 0.15) is 6.61 Å². The van der Waals surface area contributed by atoms with Crippen LogP contribution >= 0.6 is 12.2 Å². The highest BCUT2D eigenvalue weighted by molar-refractivity contribution is 7.80. The molecule has 1 unspecified atom stereocenters. The molecule has 0 aromatic rings. The maximum absolute atomic E-state index is 11.8. The first kappa shape index (κ1) is 14.3. The molecular formula is C11H20N2O3S. The maximum Gasteiger partial charge on any atom is 0.248 e. The molecule has 0 spiro atoms. The van der Waals surface area contributed by atoms with Gasteiger partial charge in [-0.05, 0) is 12.8 Å². The van der Waals surface area contributed by atoms with E-state index < -0.39 is 0 Å². The van der Waals surface area contributed by atoms with Gasteiger partial charge in [-0.25, -0.2) is 0 Å². The van der Waals surface area contributed by atoms with E-state index in [9.17, 15) is 4.79 Å². The summed E-state index contributed by atoms with van der Waals surface area (Å²) in [5.41, 5.74) is 5.45. The van der Waals surface area contributed by atoms with Crippen LogP contribution in [0.4, 0.5) is 0 Å². The Hall–Kier alpha value is -0.720. The second kappa shape index (κ2) is 7.58. The van der Waals surface area contributed by atoms with Crippen LogP contribution in [0.15, 0.2) is 0 Å². The Balaban J connectivity index is 2.44. The fourth-order valence-electron chi connectivity index (χ4n) is 1.81. The number of thiocarbonyl (C=S) groups is 1. The van der Waals surface area contributed by atoms with Crippen LogP contribution in [-0.2, 0) is 14.3 Å². The molecule has 6 heteroatoms. The Kier molecular flexibility index (Phi) is 6.39. The van der Waals surface area contributed by atoms with Crippen molar-refractivity contribution >= 4 is 23.1 Å². The van der Waals surface area contributed by atoms with E-state index in [1.807, 2.05) is 0 Å². The molecule has 1 aliphatic heterocycles. The minimum Gasteiger partial charge on any atom is -0.393 e. The minimum absolute atomic E-state index is 0.0424. The normalized spacial score (nSPS) is 19.2. The number of nitrogens with two attached hydrogens (primary N) is 1. The first-order valence-electron chi connectivity index (χ1n) is 5.80. The van der Waals surface area contributed by atoms with Gasteiger partial charge in [-0.1, -0.05) is 12.2 Å². The van der Waals surface area contributed by atoms with Gasteiger partial charge in [0, 0.05) is 33.2 Å². The highest BCUT2D eigenvalue weighted by Crippen LogP contribution is 2.13. The molecule has 17 heavy (non-hydrogen) atoms. The molecule has 1 rings (SSSR count). The number of ether oxygens (including phenoxy) is 2. The standard InChI is InChI=1S/C11H20N2O3S/c1-15-8-11(14)13(5-4-10(12)17)7-9-3-2-6-16-9/h9H,2-8H2,1H3,(H2,12,17). The van der Waals surface area contributed by atoms with Crippen LogP contribution in [0.2, 0.25) is 0 Å². The van der Waals surface area contributed by atoms with Crippen LogP contribution in [-0.4, -0.2) is 55.3 Å². The van der Waals surface area contributed by atoms with Crippen LogP contribution in [0.5, 0.6) is 0 Å². The van der Waals surface area contributed by atoms with E-state index in [1.54, 1.807) is 4.90 Å². The number of carbonyl (C=O) groups excluding carboxylic acids is 1. The Labute approximate surface area is 107 Å². The van der Waals surface area contributed by atoms with E-state index in [-0.39, 0.29) is 18.6 Å². The summed E-state index contributed by atoms with van der Waals surface area (Å²) >= 11 is 4.83. The van der Waals surface area contributed by atoms with Crippen molar-refractivity contribution in [1.82, 2.24) is 4.90 Å². The van der Waals surface area contributed by atoms with Crippen molar-refractivity contribution in [1.29, 1.82) is 0 Å². The molecule has 0 radical (unpaired) electrons. The quantitative estimate of drug-likeness (QED) is 0.668. The summed E-state index contributed by atoms with van der Waals surface area (Å²) in [4.78, 5) is 13.9. The van der Waals surface area contributed by atoms with Crippen molar-refractivity contribution in [3.63, 3.8) is 0 Å². The Bertz CT molecular complexity index is 267. The first-order chi connectivity index (χ1) is 8.13.